The molecule has 0 radical (unpaired) electrons. The zero-order valence-corrected chi connectivity index (χ0v) is 25.9. The van der Waals surface area contributed by atoms with Crippen LogP contribution in [0, 0.1) is 5.82 Å². The van der Waals surface area contributed by atoms with Crippen LogP contribution in [0.1, 0.15) is 6.92 Å². The van der Waals surface area contributed by atoms with E-state index in [2.05, 4.69) is 30.5 Å². The van der Waals surface area contributed by atoms with Crippen LogP contribution in [0.2, 0.25) is 0 Å². The topological polar surface area (TPSA) is 135 Å². The van der Waals surface area contributed by atoms with E-state index in [0.29, 0.717) is 90.9 Å². The van der Waals surface area contributed by atoms with Gasteiger partial charge in [-0.05, 0) is 43.3 Å². The van der Waals surface area contributed by atoms with E-state index in [-0.39, 0.29) is 17.5 Å². The van der Waals surface area contributed by atoms with E-state index in [1.807, 2.05) is 24.0 Å². The molecular weight excluding hydrogens is 589 g/mol. The maximum absolute atomic E-state index is 15.3. The summed E-state index contributed by atoms with van der Waals surface area (Å²) in [7, 11) is 0.137. The molecule has 2 aromatic heterocycles. The van der Waals surface area contributed by atoms with Crippen LogP contribution in [0.4, 0.5) is 27.7 Å². The summed E-state index contributed by atoms with van der Waals surface area (Å²) in [6.07, 6.45) is 2.83. The molecule has 2 N–H and O–H groups in total. The lowest BCUT2D eigenvalue weighted by Gasteiger charge is -2.36. The lowest BCUT2D eigenvalue weighted by Crippen LogP contribution is -2.47. The first kappa shape index (κ1) is 31.0. The average Bonchev–Trinajstić information content (AvgIpc) is 3.44. The van der Waals surface area contributed by atoms with Crippen LogP contribution in [0.25, 0.3) is 22.7 Å². The summed E-state index contributed by atoms with van der Waals surface area (Å²) in [6.45, 7) is 5.57. The molecule has 1 aliphatic heterocycles. The van der Waals surface area contributed by atoms with Crippen molar-refractivity contribution in [3.8, 4) is 34.2 Å². The predicted molar refractivity (Wildman–Crippen MR) is 168 cm³/mol. The molecule has 0 aliphatic carbocycles. The number of hydrogen-bond donors (Lipinski definition) is 2. The van der Waals surface area contributed by atoms with Gasteiger partial charge in [0.1, 0.15) is 38.5 Å². The van der Waals surface area contributed by atoms with Crippen molar-refractivity contribution >= 4 is 33.2 Å². The van der Waals surface area contributed by atoms with Gasteiger partial charge >= 0.3 is 0 Å². The van der Waals surface area contributed by atoms with Gasteiger partial charge in [0, 0.05) is 69.0 Å². The van der Waals surface area contributed by atoms with E-state index in [1.54, 1.807) is 44.7 Å². The summed E-state index contributed by atoms with van der Waals surface area (Å²) in [4.78, 5) is 17.7. The van der Waals surface area contributed by atoms with E-state index in [1.165, 1.54) is 12.3 Å². The number of aromatic nitrogens is 3. The molecule has 1 fully saturated rings. The highest BCUT2D eigenvalue weighted by molar-refractivity contribution is 7.90. The Morgan fingerprint density at radius 2 is 1.73 bits per heavy atom. The molecule has 5 rings (SSSR count). The number of piperazine rings is 1. The second-order valence-corrected chi connectivity index (χ2v) is 12.6. The Hall–Kier alpha value is -4.43. The number of nitrogens with one attached hydrogen (secondary N) is 2. The fraction of sp³-hybridized carbons (Fsp3) is 0.367. The van der Waals surface area contributed by atoms with Crippen molar-refractivity contribution in [2.45, 2.75) is 6.92 Å². The van der Waals surface area contributed by atoms with Crippen molar-refractivity contribution < 1.29 is 26.7 Å². The number of anilines is 4. The summed E-state index contributed by atoms with van der Waals surface area (Å²) in [5.74, 6) is 1.61. The fourth-order valence-electron chi connectivity index (χ4n) is 4.88. The zero-order valence-electron chi connectivity index (χ0n) is 25.1. The van der Waals surface area contributed by atoms with Crippen molar-refractivity contribution in [1.29, 1.82) is 0 Å². The molecular formula is C30H36FN7O5S. The Morgan fingerprint density at radius 1 is 1.00 bits per heavy atom. The summed E-state index contributed by atoms with van der Waals surface area (Å²) >= 11 is 0. The Bertz CT molecular complexity index is 1690. The van der Waals surface area contributed by atoms with Gasteiger partial charge in [0.15, 0.2) is 5.76 Å². The lowest BCUT2D eigenvalue weighted by molar-refractivity contribution is 0.271. The second-order valence-electron chi connectivity index (χ2n) is 10.3. The van der Waals surface area contributed by atoms with E-state index >= 15 is 4.39 Å². The Labute approximate surface area is 256 Å². The highest BCUT2D eigenvalue weighted by atomic mass is 32.2. The number of hydrogen-bond acceptors (Lipinski definition) is 12. The lowest BCUT2D eigenvalue weighted by atomic mass is 10.1. The van der Waals surface area contributed by atoms with Crippen LogP contribution in [-0.2, 0) is 9.84 Å². The van der Waals surface area contributed by atoms with Crippen LogP contribution in [0.5, 0.6) is 11.5 Å². The molecule has 3 heterocycles. The first-order chi connectivity index (χ1) is 21.1. The molecule has 0 bridgehead atoms. The minimum absolute atomic E-state index is 0.120. The molecule has 0 spiro atoms. The smallest absolute Gasteiger partial charge is 0.295 e. The monoisotopic (exact) mass is 625 g/mol. The number of sulfone groups is 1. The van der Waals surface area contributed by atoms with Crippen LogP contribution in [-0.4, -0.2) is 93.8 Å². The van der Waals surface area contributed by atoms with Gasteiger partial charge in [-0.1, -0.05) is 0 Å². The van der Waals surface area contributed by atoms with Gasteiger partial charge in [-0.2, -0.15) is 4.98 Å². The molecule has 44 heavy (non-hydrogen) atoms. The quantitative estimate of drug-likeness (QED) is 0.232. The summed E-state index contributed by atoms with van der Waals surface area (Å²) in [6, 6.07) is 12.4. The van der Waals surface area contributed by atoms with Crippen LogP contribution >= 0.6 is 0 Å². The summed E-state index contributed by atoms with van der Waals surface area (Å²) in [5, 5.41) is 6.19. The Balaban J connectivity index is 1.34. The van der Waals surface area contributed by atoms with E-state index in [0.717, 1.165) is 0 Å². The van der Waals surface area contributed by atoms with Gasteiger partial charge in [-0.15, -0.1) is 0 Å². The molecule has 14 heteroatoms. The molecule has 1 saturated heterocycles. The SMILES string of the molecule is CCNc1nc(-c2cc(OC)cc(OC)c2)c(-c2ccnc(Nc3ccc(N4CCN(CCS(C)(=O)=O)CC4)c(F)c3)n2)o1. The Morgan fingerprint density at radius 3 is 2.36 bits per heavy atom. The summed E-state index contributed by atoms with van der Waals surface area (Å²) < 4.78 is 55.2. The van der Waals surface area contributed by atoms with Crippen LogP contribution in [0.15, 0.2) is 53.1 Å². The molecule has 234 valence electrons. The number of benzene rings is 2. The van der Waals surface area contributed by atoms with Gasteiger partial charge in [-0.25, -0.2) is 22.8 Å². The van der Waals surface area contributed by atoms with Gasteiger partial charge in [0.05, 0.1) is 25.7 Å². The molecule has 0 amide bonds. The molecule has 1 aliphatic rings. The third-order valence-electron chi connectivity index (χ3n) is 7.16. The largest absolute Gasteiger partial charge is 0.497 e. The normalized spacial score (nSPS) is 14.0. The van der Waals surface area contributed by atoms with Crippen LogP contribution in [0.3, 0.4) is 0 Å². The zero-order chi connectivity index (χ0) is 31.3. The molecule has 4 aromatic rings. The minimum Gasteiger partial charge on any atom is -0.497 e. The highest BCUT2D eigenvalue weighted by Gasteiger charge is 2.22. The van der Waals surface area contributed by atoms with Gasteiger partial charge in [0.25, 0.3) is 6.01 Å². The number of oxazole rings is 1. The van der Waals surface area contributed by atoms with Gasteiger partial charge in [0.2, 0.25) is 5.95 Å². The van der Waals surface area contributed by atoms with Gasteiger partial charge in [-0.3, -0.25) is 4.90 Å². The number of nitrogens with zero attached hydrogens (tertiary/aromatic N) is 5. The first-order valence-electron chi connectivity index (χ1n) is 14.2. The van der Waals surface area contributed by atoms with Crippen molar-refractivity contribution in [2.75, 3.05) is 81.0 Å². The van der Waals surface area contributed by atoms with E-state index in [4.69, 9.17) is 13.9 Å². The molecule has 0 unspecified atom stereocenters. The number of ether oxygens (including phenoxy) is 2. The van der Waals surface area contributed by atoms with E-state index < -0.39 is 9.84 Å². The molecule has 0 saturated carbocycles. The second kappa shape index (κ2) is 13.5. The predicted octanol–water partition coefficient (Wildman–Crippen LogP) is 4.30. The minimum atomic E-state index is -3.02. The molecule has 0 atom stereocenters. The number of methoxy groups -OCH3 is 2. The number of rotatable bonds is 12. The van der Waals surface area contributed by atoms with Crippen LogP contribution < -0.4 is 25.0 Å². The number of halogens is 1. The van der Waals surface area contributed by atoms with Crippen molar-refractivity contribution in [3.05, 3.63) is 54.5 Å². The third-order valence-corrected chi connectivity index (χ3v) is 8.09. The maximum Gasteiger partial charge on any atom is 0.295 e. The van der Waals surface area contributed by atoms with E-state index in [9.17, 15) is 8.42 Å². The van der Waals surface area contributed by atoms with Crippen molar-refractivity contribution in [1.82, 2.24) is 19.9 Å². The average molecular weight is 626 g/mol. The summed E-state index contributed by atoms with van der Waals surface area (Å²) in [5.41, 5.74) is 2.70. The van der Waals surface area contributed by atoms with Gasteiger partial charge < -0.3 is 29.4 Å². The van der Waals surface area contributed by atoms with Crippen molar-refractivity contribution in [2.24, 2.45) is 0 Å². The maximum atomic E-state index is 15.3. The van der Waals surface area contributed by atoms with Crippen molar-refractivity contribution in [3.63, 3.8) is 0 Å². The third kappa shape index (κ3) is 7.55. The molecule has 2 aromatic carbocycles. The molecule has 12 nitrogen and oxygen atoms in total. The highest BCUT2D eigenvalue weighted by Crippen LogP contribution is 2.37. The standard InChI is InChI=1S/C30H36FN7O5S/c1-5-32-30-36-27(20-16-22(41-2)19-23(17-20)42-3)28(43-30)25-8-9-33-29(35-25)34-21-6-7-26(24(31)18-21)38-12-10-37(11-13-38)14-15-44(4,39)40/h6-9,16-19H,5,10-15H2,1-4H3,(H,32,36)(H,33,34,35). The Kier molecular flexibility index (Phi) is 9.49. The fourth-order valence-corrected chi connectivity index (χ4v) is 5.47. The first-order valence-corrected chi connectivity index (χ1v) is 16.2.